The third kappa shape index (κ3) is 4.14. The minimum Gasteiger partial charge on any atom is -0.270 e. The number of alkyl halides is 3. The normalized spacial score (nSPS) is 11.4. The third-order valence-corrected chi connectivity index (χ3v) is 3.77. The predicted molar refractivity (Wildman–Crippen MR) is 86.3 cm³/mol. The highest BCUT2D eigenvalue weighted by Gasteiger charge is 2.40. The highest BCUT2D eigenvalue weighted by Crippen LogP contribution is 2.36. The number of carbonyl (C=O) groups excluding carboxylic acids is 1. The van der Waals surface area contributed by atoms with E-state index in [0.29, 0.717) is 5.69 Å². The van der Waals surface area contributed by atoms with Crippen LogP contribution < -0.4 is 5.84 Å². The molecule has 0 saturated carbocycles. The molecule has 5 nitrogen and oxygen atoms in total. The largest absolute Gasteiger partial charge is 0.417 e. The second-order valence-electron chi connectivity index (χ2n) is 5.44. The molecule has 0 unspecified atom stereocenters. The van der Waals surface area contributed by atoms with Gasteiger partial charge in [0.05, 0.1) is 29.1 Å². The van der Waals surface area contributed by atoms with Crippen LogP contribution in [0.5, 0.6) is 0 Å². The maximum Gasteiger partial charge on any atom is 0.417 e. The van der Waals surface area contributed by atoms with Crippen molar-refractivity contribution in [2.24, 2.45) is 5.84 Å². The zero-order valence-electron chi connectivity index (χ0n) is 14.0. The zero-order valence-corrected chi connectivity index (χ0v) is 14.0. The molecule has 0 saturated heterocycles. The SMILES string of the molecule is CCc1cnc(CC)c(C(=O)N(N)Cc2ccccn2)c1C(F)(F)F. The molecule has 0 spiro atoms. The molecule has 0 aromatic carbocycles. The Hall–Kier alpha value is -2.48. The van der Waals surface area contributed by atoms with Crippen molar-refractivity contribution in [3.8, 4) is 0 Å². The monoisotopic (exact) mass is 352 g/mol. The van der Waals surface area contributed by atoms with Gasteiger partial charge < -0.3 is 0 Å². The van der Waals surface area contributed by atoms with Crippen molar-refractivity contribution >= 4 is 5.91 Å². The van der Waals surface area contributed by atoms with Crippen LogP contribution in [0.2, 0.25) is 0 Å². The third-order valence-electron chi connectivity index (χ3n) is 3.77. The van der Waals surface area contributed by atoms with Crippen LogP contribution in [0.3, 0.4) is 0 Å². The first kappa shape index (κ1) is 18.9. The van der Waals surface area contributed by atoms with Crippen LogP contribution in [-0.2, 0) is 25.6 Å². The van der Waals surface area contributed by atoms with Gasteiger partial charge in [0, 0.05) is 12.4 Å². The number of hydrazine groups is 1. The summed E-state index contributed by atoms with van der Waals surface area (Å²) >= 11 is 0. The Morgan fingerprint density at radius 1 is 1.20 bits per heavy atom. The number of nitrogens with zero attached hydrogens (tertiary/aromatic N) is 3. The summed E-state index contributed by atoms with van der Waals surface area (Å²) in [5.41, 5.74) is -0.911. The zero-order chi connectivity index (χ0) is 18.6. The fourth-order valence-corrected chi connectivity index (χ4v) is 2.56. The summed E-state index contributed by atoms with van der Waals surface area (Å²) < 4.78 is 40.8. The smallest absolute Gasteiger partial charge is 0.270 e. The fourth-order valence-electron chi connectivity index (χ4n) is 2.56. The van der Waals surface area contributed by atoms with Crippen LogP contribution in [0.15, 0.2) is 30.6 Å². The van der Waals surface area contributed by atoms with Gasteiger partial charge in [-0.25, -0.2) is 5.84 Å². The van der Waals surface area contributed by atoms with Crippen molar-refractivity contribution in [2.45, 2.75) is 39.4 Å². The van der Waals surface area contributed by atoms with Gasteiger partial charge in [-0.3, -0.25) is 19.8 Å². The van der Waals surface area contributed by atoms with Gasteiger partial charge in [-0.2, -0.15) is 13.2 Å². The molecule has 0 radical (unpaired) electrons. The highest BCUT2D eigenvalue weighted by molar-refractivity contribution is 5.97. The quantitative estimate of drug-likeness (QED) is 0.510. The maximum absolute atomic E-state index is 13.6. The molecule has 8 heteroatoms. The molecule has 0 aliphatic heterocycles. The molecule has 2 N–H and O–H groups in total. The van der Waals surface area contributed by atoms with Crippen molar-refractivity contribution in [1.29, 1.82) is 0 Å². The minimum absolute atomic E-state index is 0.0284. The summed E-state index contributed by atoms with van der Waals surface area (Å²) in [7, 11) is 0. The molecule has 1 amide bonds. The van der Waals surface area contributed by atoms with Crippen LogP contribution in [0.1, 0.15) is 46.7 Å². The van der Waals surface area contributed by atoms with E-state index in [1.165, 1.54) is 12.4 Å². The average molecular weight is 352 g/mol. The standard InChI is InChI=1S/C17H19F3N4O/c1-3-11-9-23-13(4-2)14(15(11)17(18,19)20)16(25)24(21)10-12-7-5-6-8-22-12/h5-9H,3-4,10,21H2,1-2H3. The number of pyridine rings is 2. The van der Waals surface area contributed by atoms with Gasteiger partial charge in [0.2, 0.25) is 0 Å². The summed E-state index contributed by atoms with van der Waals surface area (Å²) in [6, 6.07) is 5.04. The van der Waals surface area contributed by atoms with E-state index < -0.39 is 23.2 Å². The fraction of sp³-hybridized carbons (Fsp3) is 0.353. The number of amides is 1. The topological polar surface area (TPSA) is 72.1 Å². The number of hydrogen-bond donors (Lipinski definition) is 1. The first-order valence-electron chi connectivity index (χ1n) is 7.83. The molecular formula is C17H19F3N4O. The molecule has 2 aromatic heterocycles. The molecule has 0 aliphatic carbocycles. The molecular weight excluding hydrogens is 333 g/mol. The van der Waals surface area contributed by atoms with Crippen molar-refractivity contribution < 1.29 is 18.0 Å². The Labute approximate surface area is 143 Å². The number of nitrogens with two attached hydrogens (primary N) is 1. The Morgan fingerprint density at radius 3 is 2.44 bits per heavy atom. The molecule has 0 bridgehead atoms. The molecule has 25 heavy (non-hydrogen) atoms. The van der Waals surface area contributed by atoms with E-state index >= 15 is 0 Å². The summed E-state index contributed by atoms with van der Waals surface area (Å²) in [6.45, 7) is 3.13. The minimum atomic E-state index is -4.67. The summed E-state index contributed by atoms with van der Waals surface area (Å²) in [6.07, 6.45) is -1.68. The molecule has 0 atom stereocenters. The summed E-state index contributed by atoms with van der Waals surface area (Å²) in [4.78, 5) is 20.8. The molecule has 0 fully saturated rings. The lowest BCUT2D eigenvalue weighted by Gasteiger charge is -2.22. The molecule has 134 valence electrons. The first-order valence-corrected chi connectivity index (χ1v) is 7.83. The van der Waals surface area contributed by atoms with E-state index in [0.717, 1.165) is 5.01 Å². The van der Waals surface area contributed by atoms with Crippen molar-refractivity contribution in [1.82, 2.24) is 15.0 Å². The van der Waals surface area contributed by atoms with Crippen LogP contribution in [0.25, 0.3) is 0 Å². The maximum atomic E-state index is 13.6. The molecule has 2 heterocycles. The Morgan fingerprint density at radius 2 is 1.92 bits per heavy atom. The number of hydrogen-bond acceptors (Lipinski definition) is 4. The van der Waals surface area contributed by atoms with Crippen LogP contribution in [-0.4, -0.2) is 20.9 Å². The van der Waals surface area contributed by atoms with Gasteiger partial charge in [-0.1, -0.05) is 19.9 Å². The summed E-state index contributed by atoms with van der Waals surface area (Å²) in [5, 5.41) is 0.743. The lowest BCUT2D eigenvalue weighted by atomic mass is 9.97. The van der Waals surface area contributed by atoms with E-state index in [4.69, 9.17) is 5.84 Å². The van der Waals surface area contributed by atoms with Gasteiger partial charge in [-0.15, -0.1) is 0 Å². The van der Waals surface area contributed by atoms with Gasteiger partial charge >= 0.3 is 6.18 Å². The van der Waals surface area contributed by atoms with Crippen LogP contribution in [0, 0.1) is 0 Å². The van der Waals surface area contributed by atoms with Gasteiger partial charge in [0.15, 0.2) is 0 Å². The van der Waals surface area contributed by atoms with Gasteiger partial charge in [0.1, 0.15) is 0 Å². The number of aromatic nitrogens is 2. The van der Waals surface area contributed by atoms with Crippen molar-refractivity contribution in [3.63, 3.8) is 0 Å². The summed E-state index contributed by atoms with van der Waals surface area (Å²) in [5.74, 6) is 4.84. The molecule has 2 rings (SSSR count). The Balaban J connectivity index is 2.50. The first-order chi connectivity index (χ1) is 11.8. The van der Waals surface area contributed by atoms with Gasteiger partial charge in [-0.05, 0) is 30.5 Å². The second kappa shape index (κ2) is 7.60. The van der Waals surface area contributed by atoms with E-state index in [-0.39, 0.29) is 30.6 Å². The lowest BCUT2D eigenvalue weighted by Crippen LogP contribution is -2.39. The highest BCUT2D eigenvalue weighted by atomic mass is 19.4. The predicted octanol–water partition coefficient (Wildman–Crippen LogP) is 3.14. The van der Waals surface area contributed by atoms with E-state index in [1.807, 2.05) is 0 Å². The van der Waals surface area contributed by atoms with E-state index in [9.17, 15) is 18.0 Å². The van der Waals surface area contributed by atoms with Gasteiger partial charge in [0.25, 0.3) is 5.91 Å². The Bertz CT molecular complexity index is 748. The second-order valence-corrected chi connectivity index (χ2v) is 5.44. The number of aryl methyl sites for hydroxylation is 2. The number of carbonyl (C=O) groups is 1. The average Bonchev–Trinajstić information content (AvgIpc) is 2.59. The molecule has 0 aliphatic rings. The van der Waals surface area contributed by atoms with Crippen LogP contribution >= 0.6 is 0 Å². The van der Waals surface area contributed by atoms with Crippen molar-refractivity contribution in [2.75, 3.05) is 0 Å². The Kier molecular flexibility index (Phi) is 5.73. The number of rotatable bonds is 5. The van der Waals surface area contributed by atoms with E-state index in [1.54, 1.807) is 32.0 Å². The van der Waals surface area contributed by atoms with E-state index in [2.05, 4.69) is 9.97 Å². The lowest BCUT2D eigenvalue weighted by molar-refractivity contribution is -0.138. The molecule has 2 aromatic rings. The number of halogens is 3. The van der Waals surface area contributed by atoms with Crippen molar-refractivity contribution in [3.05, 3.63) is 58.7 Å². The van der Waals surface area contributed by atoms with Crippen LogP contribution in [0.4, 0.5) is 13.2 Å².